The van der Waals surface area contributed by atoms with Gasteiger partial charge in [0.05, 0.1) is 0 Å². The summed E-state index contributed by atoms with van der Waals surface area (Å²) in [6.45, 7) is 30.0. The van der Waals surface area contributed by atoms with Gasteiger partial charge < -0.3 is 24.5 Å². The van der Waals surface area contributed by atoms with E-state index < -0.39 is 17.4 Å². The minimum Gasteiger partial charge on any atom is -0.456 e. The predicted octanol–water partition coefficient (Wildman–Crippen LogP) is 6.40. The monoisotopic (exact) mass is 555 g/mol. The van der Waals surface area contributed by atoms with E-state index in [0.717, 1.165) is 38.4 Å². The molecule has 37 heavy (non-hydrogen) atoms. The van der Waals surface area contributed by atoms with E-state index in [1.165, 1.54) is 0 Å². The lowest BCUT2D eigenvalue weighted by Gasteiger charge is -2.47. The highest BCUT2D eigenvalue weighted by Gasteiger charge is 2.42. The Morgan fingerprint density at radius 2 is 1.57 bits per heavy atom. The third-order valence-electron chi connectivity index (χ3n) is 7.21. The SMILES string of the molecule is CCN(CC(C)C)C(=O)NCC1(C)CC(NC(=O)N(CC)CC(C)C[Si](C)(C)O[Si](C)C)CC(C)(C)C1. The van der Waals surface area contributed by atoms with Crippen LogP contribution < -0.4 is 10.6 Å². The summed E-state index contributed by atoms with van der Waals surface area (Å²) in [5.74, 6) is 0.848. The van der Waals surface area contributed by atoms with E-state index in [-0.39, 0.29) is 28.9 Å². The number of hydrogen-bond acceptors (Lipinski definition) is 3. The highest BCUT2D eigenvalue weighted by Crippen LogP contribution is 2.45. The predicted molar refractivity (Wildman–Crippen MR) is 161 cm³/mol. The lowest BCUT2D eigenvalue weighted by Crippen LogP contribution is -2.54. The van der Waals surface area contributed by atoms with Gasteiger partial charge in [-0.25, -0.2) is 9.59 Å². The van der Waals surface area contributed by atoms with Crippen molar-refractivity contribution in [1.82, 2.24) is 20.4 Å². The topological polar surface area (TPSA) is 73.9 Å². The summed E-state index contributed by atoms with van der Waals surface area (Å²) in [7, 11) is -2.42. The molecule has 1 aliphatic carbocycles. The molecule has 0 saturated heterocycles. The molecule has 0 heterocycles. The molecular formula is C28H59N4O3Si2. The number of carbonyl (C=O) groups is 2. The van der Waals surface area contributed by atoms with Crippen LogP contribution in [0.5, 0.6) is 0 Å². The van der Waals surface area contributed by atoms with E-state index in [4.69, 9.17) is 4.12 Å². The molecule has 0 aliphatic heterocycles. The molecule has 1 rings (SSSR count). The van der Waals surface area contributed by atoms with Gasteiger partial charge in [-0.15, -0.1) is 0 Å². The van der Waals surface area contributed by atoms with E-state index in [1.54, 1.807) is 0 Å². The zero-order valence-electron chi connectivity index (χ0n) is 26.2. The second-order valence-corrected chi connectivity index (χ2v) is 20.5. The summed E-state index contributed by atoms with van der Waals surface area (Å²) in [5.41, 5.74) is 0.0264. The van der Waals surface area contributed by atoms with Crippen LogP contribution in [0, 0.1) is 22.7 Å². The second kappa shape index (κ2) is 14.4. The normalized spacial score (nSPS) is 22.6. The first-order valence-electron chi connectivity index (χ1n) is 14.5. The molecule has 217 valence electrons. The van der Waals surface area contributed by atoms with Crippen LogP contribution in [0.3, 0.4) is 0 Å². The number of hydrogen-bond donors (Lipinski definition) is 2. The lowest BCUT2D eigenvalue weighted by atomic mass is 9.62. The molecule has 1 aliphatic rings. The van der Waals surface area contributed by atoms with E-state index in [9.17, 15) is 9.59 Å². The van der Waals surface area contributed by atoms with Gasteiger partial charge in [-0.2, -0.15) is 0 Å². The summed E-state index contributed by atoms with van der Waals surface area (Å²) < 4.78 is 6.32. The van der Waals surface area contributed by atoms with Gasteiger partial charge in [0, 0.05) is 38.8 Å². The molecule has 1 saturated carbocycles. The summed E-state index contributed by atoms with van der Waals surface area (Å²) in [6, 6.07) is 1.21. The summed E-state index contributed by atoms with van der Waals surface area (Å²) >= 11 is 0. The largest absolute Gasteiger partial charge is 0.456 e. The van der Waals surface area contributed by atoms with Gasteiger partial charge >= 0.3 is 12.1 Å². The number of carbonyl (C=O) groups excluding carboxylic acids is 2. The molecule has 1 radical (unpaired) electrons. The first kappa shape index (κ1) is 34.0. The van der Waals surface area contributed by atoms with E-state index >= 15 is 0 Å². The smallest absolute Gasteiger partial charge is 0.317 e. The van der Waals surface area contributed by atoms with Gasteiger partial charge in [0.2, 0.25) is 0 Å². The van der Waals surface area contributed by atoms with Crippen molar-refractivity contribution in [3.63, 3.8) is 0 Å². The van der Waals surface area contributed by atoms with Gasteiger partial charge in [-0.1, -0.05) is 41.5 Å². The molecule has 0 bridgehead atoms. The van der Waals surface area contributed by atoms with Crippen molar-refractivity contribution in [3.8, 4) is 0 Å². The van der Waals surface area contributed by atoms with E-state index in [0.29, 0.717) is 31.5 Å². The molecule has 2 N–H and O–H groups in total. The Labute approximate surface area is 231 Å². The fraction of sp³-hybridized carbons (Fsp3) is 0.929. The number of urea groups is 2. The third kappa shape index (κ3) is 12.6. The number of nitrogens with one attached hydrogen (secondary N) is 2. The van der Waals surface area contributed by atoms with Crippen LogP contribution >= 0.6 is 0 Å². The fourth-order valence-corrected chi connectivity index (χ4v) is 13.1. The van der Waals surface area contributed by atoms with E-state index in [2.05, 4.69) is 85.3 Å². The Hall–Kier alpha value is -1.07. The Morgan fingerprint density at radius 3 is 2.08 bits per heavy atom. The highest BCUT2D eigenvalue weighted by atomic mass is 28.4. The van der Waals surface area contributed by atoms with Gasteiger partial charge in [-0.3, -0.25) is 0 Å². The minimum absolute atomic E-state index is 0.0161. The molecule has 3 unspecified atom stereocenters. The molecular weight excluding hydrogens is 497 g/mol. The van der Waals surface area contributed by atoms with Crippen molar-refractivity contribution in [2.75, 3.05) is 32.7 Å². The van der Waals surface area contributed by atoms with Crippen molar-refractivity contribution in [3.05, 3.63) is 0 Å². The maximum atomic E-state index is 13.4. The summed E-state index contributed by atoms with van der Waals surface area (Å²) in [4.78, 5) is 30.1. The van der Waals surface area contributed by atoms with Gasteiger partial charge in [0.25, 0.3) is 0 Å². The molecule has 3 atom stereocenters. The van der Waals surface area contributed by atoms with Crippen LogP contribution in [-0.4, -0.2) is 78.0 Å². The zero-order chi connectivity index (χ0) is 28.6. The Bertz CT molecular complexity index is 732. The van der Waals surface area contributed by atoms with E-state index in [1.807, 2.05) is 16.7 Å². The number of amides is 4. The average molecular weight is 556 g/mol. The molecule has 0 aromatic rings. The van der Waals surface area contributed by atoms with Crippen LogP contribution in [0.15, 0.2) is 0 Å². The lowest BCUT2D eigenvalue weighted by molar-refractivity contribution is 0.0705. The first-order chi connectivity index (χ1) is 16.9. The summed E-state index contributed by atoms with van der Waals surface area (Å²) in [5, 5.41) is 6.59. The molecule has 0 spiro atoms. The molecule has 1 fully saturated rings. The Morgan fingerprint density at radius 1 is 1.00 bits per heavy atom. The maximum absolute atomic E-state index is 13.4. The zero-order valence-corrected chi connectivity index (χ0v) is 28.2. The molecule has 9 heteroatoms. The van der Waals surface area contributed by atoms with Crippen LogP contribution in [0.1, 0.15) is 74.7 Å². The first-order valence-corrected chi connectivity index (χ1v) is 20.0. The van der Waals surface area contributed by atoms with Gasteiger partial charge in [0.1, 0.15) is 0 Å². The second-order valence-electron chi connectivity index (χ2n) is 13.9. The van der Waals surface area contributed by atoms with Gasteiger partial charge in [-0.05, 0) is 88.0 Å². The van der Waals surface area contributed by atoms with Crippen molar-refractivity contribution in [2.24, 2.45) is 22.7 Å². The van der Waals surface area contributed by atoms with Crippen molar-refractivity contribution < 1.29 is 13.7 Å². The quantitative estimate of drug-likeness (QED) is 0.258. The Kier molecular flexibility index (Phi) is 13.2. The summed E-state index contributed by atoms with van der Waals surface area (Å²) in [6.07, 6.45) is 2.85. The minimum atomic E-state index is -1.71. The highest BCUT2D eigenvalue weighted by molar-refractivity contribution is 6.77. The number of nitrogens with zero attached hydrogens (tertiary/aromatic N) is 2. The van der Waals surface area contributed by atoms with Crippen LogP contribution in [0.4, 0.5) is 9.59 Å². The molecule has 4 amide bonds. The van der Waals surface area contributed by atoms with Gasteiger partial charge in [0.15, 0.2) is 17.4 Å². The maximum Gasteiger partial charge on any atom is 0.317 e. The standard InChI is InChI=1S/C28H59N4O3Si2/c1-13-31(17-22(3)4)25(33)29-21-28(8)16-24(15-27(6,7)20-28)30-26(34)32(14-2)18-23(5)19-37(11,12)35-36(9)10/h22-24H,13-21H2,1-12H3,(H,29,33)(H,30,34). The number of rotatable bonds is 13. The average Bonchev–Trinajstić information content (AvgIpc) is 2.71. The van der Waals surface area contributed by atoms with Crippen LogP contribution in [0.25, 0.3) is 0 Å². The molecule has 7 nitrogen and oxygen atoms in total. The van der Waals surface area contributed by atoms with Crippen molar-refractivity contribution >= 4 is 29.4 Å². The van der Waals surface area contributed by atoms with Crippen LogP contribution in [0.2, 0.25) is 32.2 Å². The van der Waals surface area contributed by atoms with Crippen molar-refractivity contribution in [1.29, 1.82) is 0 Å². The van der Waals surface area contributed by atoms with Crippen LogP contribution in [-0.2, 0) is 4.12 Å². The van der Waals surface area contributed by atoms with Crippen molar-refractivity contribution in [2.45, 2.75) is 113 Å². The Balaban J connectivity index is 2.79. The molecule has 0 aromatic carbocycles. The fourth-order valence-electron chi connectivity index (χ4n) is 6.56. The third-order valence-corrected chi connectivity index (χ3v) is 12.7. The molecule has 0 aromatic heterocycles.